The van der Waals surface area contributed by atoms with Crippen LogP contribution in [0.15, 0.2) is 35.9 Å². The second-order valence-electron chi connectivity index (χ2n) is 5.09. The number of allylic oxidation sites excluding steroid dienone is 1. The van der Waals surface area contributed by atoms with Crippen LogP contribution in [-0.2, 0) is 15.3 Å². The maximum Gasteiger partial charge on any atom is 0.325 e. The van der Waals surface area contributed by atoms with Crippen LogP contribution in [-0.4, -0.2) is 30.3 Å². The predicted molar refractivity (Wildman–Crippen MR) is 93.8 cm³/mol. The molecule has 122 valence electrons. The zero-order chi connectivity index (χ0) is 16.6. The van der Waals surface area contributed by atoms with Gasteiger partial charge in [0.2, 0.25) is 0 Å². The summed E-state index contributed by atoms with van der Waals surface area (Å²) in [4.78, 5) is 12.3. The summed E-state index contributed by atoms with van der Waals surface area (Å²) in [6, 6.07) is 7.82. The van der Waals surface area contributed by atoms with Crippen molar-refractivity contribution in [1.82, 2.24) is 0 Å². The SMILES string of the molecule is CCOC(=O)[C@](C)(/C=C(\C)CCl)SCc1ccc(OC)cc1. The third-order valence-electron chi connectivity index (χ3n) is 3.11. The number of thioether (sulfide) groups is 1. The minimum Gasteiger partial charge on any atom is -0.497 e. The molecule has 0 spiro atoms. The molecule has 3 nitrogen and oxygen atoms in total. The number of hydrogen-bond donors (Lipinski definition) is 0. The lowest BCUT2D eigenvalue weighted by Crippen LogP contribution is -2.32. The van der Waals surface area contributed by atoms with E-state index in [1.54, 1.807) is 7.11 Å². The van der Waals surface area contributed by atoms with Crippen molar-refractivity contribution in [2.45, 2.75) is 31.3 Å². The van der Waals surface area contributed by atoms with Gasteiger partial charge >= 0.3 is 5.97 Å². The van der Waals surface area contributed by atoms with E-state index >= 15 is 0 Å². The maximum absolute atomic E-state index is 12.3. The minimum absolute atomic E-state index is 0.238. The first-order chi connectivity index (χ1) is 10.4. The highest BCUT2D eigenvalue weighted by atomic mass is 35.5. The fraction of sp³-hybridized carbons (Fsp3) is 0.471. The van der Waals surface area contributed by atoms with Crippen molar-refractivity contribution in [3.63, 3.8) is 0 Å². The highest BCUT2D eigenvalue weighted by Crippen LogP contribution is 2.33. The van der Waals surface area contributed by atoms with Crippen molar-refractivity contribution in [2.75, 3.05) is 19.6 Å². The molecule has 1 aromatic rings. The van der Waals surface area contributed by atoms with Gasteiger partial charge in [-0.05, 0) is 38.5 Å². The molecule has 0 saturated carbocycles. The summed E-state index contributed by atoms with van der Waals surface area (Å²) in [5, 5.41) is 0. The summed E-state index contributed by atoms with van der Waals surface area (Å²) in [7, 11) is 1.64. The molecule has 0 aromatic heterocycles. The molecule has 1 rings (SSSR count). The van der Waals surface area contributed by atoms with Crippen molar-refractivity contribution in [3.05, 3.63) is 41.5 Å². The second-order valence-corrected chi connectivity index (χ2v) is 6.78. The summed E-state index contributed by atoms with van der Waals surface area (Å²) >= 11 is 7.38. The van der Waals surface area contributed by atoms with Crippen LogP contribution in [0.25, 0.3) is 0 Å². The lowest BCUT2D eigenvalue weighted by molar-refractivity contribution is -0.144. The number of halogens is 1. The first kappa shape index (κ1) is 18.9. The Morgan fingerprint density at radius 3 is 2.50 bits per heavy atom. The van der Waals surface area contributed by atoms with E-state index in [2.05, 4.69) is 0 Å². The molecule has 0 aliphatic heterocycles. The van der Waals surface area contributed by atoms with Gasteiger partial charge in [-0.1, -0.05) is 23.8 Å². The Morgan fingerprint density at radius 1 is 1.36 bits per heavy atom. The molecule has 0 unspecified atom stereocenters. The number of esters is 1. The Kier molecular flexibility index (Phi) is 7.83. The Bertz CT molecular complexity index is 513. The largest absolute Gasteiger partial charge is 0.497 e. The van der Waals surface area contributed by atoms with Crippen LogP contribution in [0.2, 0.25) is 0 Å². The maximum atomic E-state index is 12.3. The van der Waals surface area contributed by atoms with Crippen molar-refractivity contribution < 1.29 is 14.3 Å². The lowest BCUT2D eigenvalue weighted by Gasteiger charge is -2.24. The fourth-order valence-corrected chi connectivity index (χ4v) is 3.10. The number of alkyl halides is 1. The molecule has 0 saturated heterocycles. The zero-order valence-electron chi connectivity index (χ0n) is 13.5. The molecule has 22 heavy (non-hydrogen) atoms. The molecule has 0 fully saturated rings. The Morgan fingerprint density at radius 2 is 2.00 bits per heavy atom. The number of hydrogen-bond acceptors (Lipinski definition) is 4. The molecular formula is C17H23ClO3S. The van der Waals surface area contributed by atoms with Crippen LogP contribution >= 0.6 is 23.4 Å². The first-order valence-electron chi connectivity index (χ1n) is 7.13. The van der Waals surface area contributed by atoms with Crippen LogP contribution in [0.5, 0.6) is 5.75 Å². The summed E-state index contributed by atoms with van der Waals surface area (Å²) in [5.74, 6) is 1.68. The van der Waals surface area contributed by atoms with Crippen molar-refractivity contribution in [2.24, 2.45) is 0 Å². The van der Waals surface area contributed by atoms with Crippen molar-refractivity contribution >= 4 is 29.3 Å². The van der Waals surface area contributed by atoms with E-state index in [0.29, 0.717) is 18.2 Å². The van der Waals surface area contributed by atoms with Crippen LogP contribution < -0.4 is 4.74 Å². The molecule has 0 N–H and O–H groups in total. The monoisotopic (exact) mass is 342 g/mol. The molecule has 1 atom stereocenters. The zero-order valence-corrected chi connectivity index (χ0v) is 15.1. The van der Waals surface area contributed by atoms with Gasteiger partial charge in [-0.25, -0.2) is 0 Å². The second kappa shape index (κ2) is 9.11. The molecular weight excluding hydrogens is 320 g/mol. The van der Waals surface area contributed by atoms with Crippen LogP contribution in [0, 0.1) is 0 Å². The number of rotatable bonds is 8. The van der Waals surface area contributed by atoms with Gasteiger partial charge in [-0.2, -0.15) is 0 Å². The van der Waals surface area contributed by atoms with Gasteiger partial charge in [-0.3, -0.25) is 4.79 Å². The van der Waals surface area contributed by atoms with E-state index in [0.717, 1.165) is 16.9 Å². The summed E-state index contributed by atoms with van der Waals surface area (Å²) < 4.78 is 9.62. The van der Waals surface area contributed by atoms with Crippen molar-refractivity contribution in [3.8, 4) is 5.75 Å². The van der Waals surface area contributed by atoms with Gasteiger partial charge in [0, 0.05) is 11.6 Å². The van der Waals surface area contributed by atoms with Crippen LogP contribution in [0.1, 0.15) is 26.3 Å². The quantitative estimate of drug-likeness (QED) is 0.397. The van der Waals surface area contributed by atoms with E-state index in [1.165, 1.54) is 11.8 Å². The van der Waals surface area contributed by atoms with Gasteiger partial charge in [0.25, 0.3) is 0 Å². The minimum atomic E-state index is -0.741. The normalized spacial score (nSPS) is 14.3. The summed E-state index contributed by atoms with van der Waals surface area (Å²) in [5.41, 5.74) is 2.08. The Balaban J connectivity index is 2.85. The van der Waals surface area contributed by atoms with E-state index in [4.69, 9.17) is 21.1 Å². The first-order valence-corrected chi connectivity index (χ1v) is 8.65. The van der Waals surface area contributed by atoms with Crippen LogP contribution in [0.4, 0.5) is 0 Å². The smallest absolute Gasteiger partial charge is 0.325 e. The van der Waals surface area contributed by atoms with E-state index in [9.17, 15) is 4.79 Å². The van der Waals surface area contributed by atoms with E-state index < -0.39 is 4.75 Å². The molecule has 0 amide bonds. The molecule has 0 radical (unpaired) electrons. The third-order valence-corrected chi connectivity index (χ3v) is 4.89. The number of carbonyl (C=O) groups is 1. The van der Waals surface area contributed by atoms with E-state index in [-0.39, 0.29) is 5.97 Å². The standard InChI is InChI=1S/C17H23ClO3S/c1-5-21-16(19)17(3,10-13(2)11-18)22-12-14-6-8-15(20-4)9-7-14/h6-10H,5,11-12H2,1-4H3/b13-10+/t17-/m0/s1. The van der Waals surface area contributed by atoms with Gasteiger partial charge in [0.1, 0.15) is 10.5 Å². The predicted octanol–water partition coefficient (Wildman–Crippen LogP) is 4.44. The highest BCUT2D eigenvalue weighted by Gasteiger charge is 2.33. The Labute approximate surface area is 142 Å². The molecule has 0 aliphatic carbocycles. The van der Waals surface area contributed by atoms with Crippen LogP contribution in [0.3, 0.4) is 0 Å². The van der Waals surface area contributed by atoms with Crippen molar-refractivity contribution in [1.29, 1.82) is 0 Å². The topological polar surface area (TPSA) is 35.5 Å². The third kappa shape index (κ3) is 5.58. The number of methoxy groups -OCH3 is 1. The van der Waals surface area contributed by atoms with Gasteiger partial charge in [0.15, 0.2) is 0 Å². The van der Waals surface area contributed by atoms with Gasteiger partial charge < -0.3 is 9.47 Å². The fourth-order valence-electron chi connectivity index (χ4n) is 1.90. The number of carbonyl (C=O) groups excluding carboxylic acids is 1. The average Bonchev–Trinajstić information content (AvgIpc) is 2.53. The molecule has 0 heterocycles. The van der Waals surface area contributed by atoms with Gasteiger partial charge in [0.05, 0.1) is 13.7 Å². The Hall–Kier alpha value is -1.13. The number of ether oxygens (including phenoxy) is 2. The molecule has 5 heteroatoms. The molecule has 1 aromatic carbocycles. The highest BCUT2D eigenvalue weighted by molar-refractivity contribution is 8.00. The lowest BCUT2D eigenvalue weighted by atomic mass is 10.1. The van der Waals surface area contributed by atoms with E-state index in [1.807, 2.05) is 51.1 Å². The number of benzene rings is 1. The summed E-state index contributed by atoms with van der Waals surface area (Å²) in [6.07, 6.45) is 1.90. The molecule has 0 bridgehead atoms. The average molecular weight is 343 g/mol. The molecule has 0 aliphatic rings. The summed E-state index contributed by atoms with van der Waals surface area (Å²) in [6.45, 7) is 5.96. The van der Waals surface area contributed by atoms with Gasteiger partial charge in [-0.15, -0.1) is 23.4 Å².